The molecule has 0 radical (unpaired) electrons. The zero-order chi connectivity index (χ0) is 12.0. The number of nitrogens with one attached hydrogen (secondary N) is 1. The summed E-state index contributed by atoms with van der Waals surface area (Å²) >= 11 is 2.06. The van der Waals surface area contributed by atoms with Crippen LogP contribution in [-0.4, -0.2) is 11.3 Å². The molecule has 2 unspecified atom stereocenters. The van der Waals surface area contributed by atoms with E-state index in [2.05, 4.69) is 50.0 Å². The van der Waals surface area contributed by atoms with Gasteiger partial charge in [0, 0.05) is 22.2 Å². The third kappa shape index (κ3) is 2.25. The zero-order valence-corrected chi connectivity index (χ0v) is 11.7. The Morgan fingerprint density at radius 2 is 1.88 bits per heavy atom. The van der Waals surface area contributed by atoms with Gasteiger partial charge in [0.15, 0.2) is 0 Å². The molecule has 2 aliphatic rings. The smallest absolute Gasteiger partial charge is 0.0347 e. The van der Waals surface area contributed by atoms with Crippen molar-refractivity contribution in [2.24, 2.45) is 0 Å². The van der Waals surface area contributed by atoms with E-state index in [1.54, 1.807) is 10.5 Å². The summed E-state index contributed by atoms with van der Waals surface area (Å²) in [4.78, 5) is 1.54. The Morgan fingerprint density at radius 3 is 2.59 bits per heavy atom. The van der Waals surface area contributed by atoms with Gasteiger partial charge in [-0.3, -0.25) is 0 Å². The molecule has 0 saturated heterocycles. The second-order valence-corrected chi connectivity index (χ2v) is 7.05. The molecule has 1 aromatic rings. The first kappa shape index (κ1) is 11.6. The fraction of sp³-hybridized carbons (Fsp3) is 0.600. The Balaban J connectivity index is 2.00. The Hall–Kier alpha value is -0.470. The van der Waals surface area contributed by atoms with Crippen molar-refractivity contribution in [3.63, 3.8) is 0 Å². The third-order valence-electron chi connectivity index (χ3n) is 3.86. The van der Waals surface area contributed by atoms with Crippen LogP contribution in [0, 0.1) is 13.8 Å². The lowest BCUT2D eigenvalue weighted by Crippen LogP contribution is -2.29. The van der Waals surface area contributed by atoms with E-state index in [1.807, 2.05) is 0 Å². The van der Waals surface area contributed by atoms with Crippen LogP contribution in [0.25, 0.3) is 0 Å². The molecule has 0 aromatic heterocycles. The molecular formula is C15H21NS. The Bertz CT molecular complexity index is 437. The van der Waals surface area contributed by atoms with Crippen LogP contribution in [0.3, 0.4) is 0 Å². The zero-order valence-electron chi connectivity index (χ0n) is 10.9. The number of fused-ring (bicyclic) bond motifs is 1. The highest BCUT2D eigenvalue weighted by Crippen LogP contribution is 2.44. The van der Waals surface area contributed by atoms with Crippen molar-refractivity contribution >= 4 is 11.8 Å². The van der Waals surface area contributed by atoms with E-state index in [0.29, 0.717) is 6.04 Å². The maximum absolute atomic E-state index is 3.83. The molecule has 0 amide bonds. The minimum atomic E-state index is 0.591. The molecule has 1 aromatic carbocycles. The lowest BCUT2D eigenvalue weighted by atomic mass is 9.94. The quantitative estimate of drug-likeness (QED) is 0.848. The summed E-state index contributed by atoms with van der Waals surface area (Å²) in [7, 11) is 0. The van der Waals surface area contributed by atoms with Crippen LogP contribution >= 0.6 is 11.8 Å². The van der Waals surface area contributed by atoms with Crippen molar-refractivity contribution in [3.05, 3.63) is 28.8 Å². The van der Waals surface area contributed by atoms with Crippen LogP contribution in [0.2, 0.25) is 0 Å². The molecule has 1 heterocycles. The molecular weight excluding hydrogens is 226 g/mol. The number of benzene rings is 1. The normalized spacial score (nSPS) is 27.9. The average molecular weight is 247 g/mol. The number of rotatable bonds is 2. The van der Waals surface area contributed by atoms with Crippen molar-refractivity contribution < 1.29 is 0 Å². The minimum absolute atomic E-state index is 0.591. The van der Waals surface area contributed by atoms with Crippen molar-refractivity contribution in [3.8, 4) is 0 Å². The van der Waals surface area contributed by atoms with E-state index in [9.17, 15) is 0 Å². The van der Waals surface area contributed by atoms with Gasteiger partial charge in [0.05, 0.1) is 0 Å². The van der Waals surface area contributed by atoms with E-state index in [-0.39, 0.29) is 0 Å². The fourth-order valence-corrected chi connectivity index (χ4v) is 4.16. The van der Waals surface area contributed by atoms with Crippen molar-refractivity contribution in [2.75, 3.05) is 0 Å². The molecule has 0 bridgehead atoms. The first-order valence-corrected chi connectivity index (χ1v) is 7.56. The number of thioether (sulfide) groups is 1. The maximum atomic E-state index is 3.83. The van der Waals surface area contributed by atoms with Crippen LogP contribution in [0.1, 0.15) is 48.9 Å². The number of hydrogen-bond donors (Lipinski definition) is 1. The predicted octanol–water partition coefficient (Wildman–Crippen LogP) is 3.98. The van der Waals surface area contributed by atoms with Gasteiger partial charge in [-0.25, -0.2) is 0 Å². The second-order valence-electron chi connectivity index (χ2n) is 5.60. The maximum Gasteiger partial charge on any atom is 0.0347 e. The van der Waals surface area contributed by atoms with Crippen molar-refractivity contribution in [1.29, 1.82) is 0 Å². The van der Waals surface area contributed by atoms with Gasteiger partial charge in [0.25, 0.3) is 0 Å². The molecule has 2 atom stereocenters. The van der Waals surface area contributed by atoms with Crippen LogP contribution < -0.4 is 5.32 Å². The topological polar surface area (TPSA) is 12.0 Å². The fourth-order valence-electron chi connectivity index (χ4n) is 2.78. The molecule has 1 fully saturated rings. The molecule has 1 N–H and O–H groups in total. The van der Waals surface area contributed by atoms with E-state index in [0.717, 1.165) is 11.3 Å². The van der Waals surface area contributed by atoms with Crippen molar-refractivity contribution in [2.45, 2.75) is 62.3 Å². The summed E-state index contributed by atoms with van der Waals surface area (Å²) in [6.07, 6.45) is 4.02. The lowest BCUT2D eigenvalue weighted by molar-refractivity contribution is 0.480. The number of aryl methyl sites for hydroxylation is 2. The largest absolute Gasteiger partial charge is 0.307 e. The standard InChI is InChI=1S/C15H21NS/c1-9-4-5-10(2)15-14(9)13(8-11(3)17-15)16-12-6-7-12/h4-5,11-13,16H,6-8H2,1-3H3. The summed E-state index contributed by atoms with van der Waals surface area (Å²) in [6.45, 7) is 6.87. The average Bonchev–Trinajstić information content (AvgIpc) is 3.07. The minimum Gasteiger partial charge on any atom is -0.307 e. The first-order valence-electron chi connectivity index (χ1n) is 6.68. The van der Waals surface area contributed by atoms with Gasteiger partial charge in [-0.1, -0.05) is 19.1 Å². The van der Waals surface area contributed by atoms with Crippen LogP contribution in [0.15, 0.2) is 17.0 Å². The van der Waals surface area contributed by atoms with E-state index in [4.69, 9.17) is 0 Å². The van der Waals surface area contributed by atoms with Gasteiger partial charge >= 0.3 is 0 Å². The Labute approximate surface area is 108 Å². The van der Waals surface area contributed by atoms with Crippen LogP contribution in [0.4, 0.5) is 0 Å². The lowest BCUT2D eigenvalue weighted by Gasteiger charge is -2.32. The molecule has 1 saturated carbocycles. The predicted molar refractivity (Wildman–Crippen MR) is 74.8 cm³/mol. The van der Waals surface area contributed by atoms with Gasteiger partial charge in [-0.05, 0) is 49.8 Å². The van der Waals surface area contributed by atoms with Gasteiger partial charge in [0.2, 0.25) is 0 Å². The number of hydrogen-bond acceptors (Lipinski definition) is 2. The van der Waals surface area contributed by atoms with Gasteiger partial charge in [-0.15, -0.1) is 11.8 Å². The Kier molecular flexibility index (Phi) is 2.95. The van der Waals surface area contributed by atoms with Crippen molar-refractivity contribution in [1.82, 2.24) is 5.32 Å². The highest BCUT2D eigenvalue weighted by Gasteiger charge is 2.32. The van der Waals surface area contributed by atoms with Crippen LogP contribution in [-0.2, 0) is 0 Å². The molecule has 3 rings (SSSR count). The third-order valence-corrected chi connectivity index (χ3v) is 5.23. The summed E-state index contributed by atoms with van der Waals surface area (Å²) < 4.78 is 0. The Morgan fingerprint density at radius 1 is 1.18 bits per heavy atom. The molecule has 1 nitrogen and oxygen atoms in total. The van der Waals surface area contributed by atoms with E-state index >= 15 is 0 Å². The molecule has 17 heavy (non-hydrogen) atoms. The van der Waals surface area contributed by atoms with Gasteiger partial charge in [-0.2, -0.15) is 0 Å². The second kappa shape index (κ2) is 4.33. The van der Waals surface area contributed by atoms with E-state index in [1.165, 1.54) is 30.4 Å². The van der Waals surface area contributed by atoms with Gasteiger partial charge in [0.1, 0.15) is 0 Å². The molecule has 0 spiro atoms. The highest BCUT2D eigenvalue weighted by atomic mass is 32.2. The molecule has 2 heteroatoms. The molecule has 92 valence electrons. The SMILES string of the molecule is Cc1ccc(C)c2c1SC(C)CC2NC1CC1. The molecule has 1 aliphatic carbocycles. The van der Waals surface area contributed by atoms with E-state index < -0.39 is 0 Å². The summed E-state index contributed by atoms with van der Waals surface area (Å²) in [5.74, 6) is 0. The van der Waals surface area contributed by atoms with Gasteiger partial charge < -0.3 is 5.32 Å². The monoisotopic (exact) mass is 247 g/mol. The summed E-state index contributed by atoms with van der Waals surface area (Å²) in [6, 6.07) is 5.94. The molecule has 1 aliphatic heterocycles. The van der Waals surface area contributed by atoms with Crippen LogP contribution in [0.5, 0.6) is 0 Å². The summed E-state index contributed by atoms with van der Waals surface area (Å²) in [5, 5.41) is 4.57. The summed E-state index contributed by atoms with van der Waals surface area (Å²) in [5.41, 5.74) is 4.49. The first-order chi connectivity index (χ1) is 8.15. The highest BCUT2D eigenvalue weighted by molar-refractivity contribution is 8.00.